The van der Waals surface area contributed by atoms with E-state index in [4.69, 9.17) is 12.2 Å². The van der Waals surface area contributed by atoms with Crippen molar-refractivity contribution in [3.8, 4) is 12.3 Å². The molecule has 1 aromatic heterocycles. The third-order valence-electron chi connectivity index (χ3n) is 1.59. The van der Waals surface area contributed by atoms with Crippen LogP contribution in [0, 0.1) is 25.2 Å². The summed E-state index contributed by atoms with van der Waals surface area (Å²) >= 11 is 0. The first-order chi connectivity index (χ1) is 5.69. The lowest BCUT2D eigenvalue weighted by molar-refractivity contribution is 0.566. The van der Waals surface area contributed by atoms with Gasteiger partial charge in [0.15, 0.2) is 0 Å². The molecule has 1 unspecified atom stereocenters. The molecule has 1 heterocycles. The zero-order valence-corrected chi connectivity index (χ0v) is 6.76. The fourth-order valence-corrected chi connectivity index (χ4v) is 0.982. The van der Waals surface area contributed by atoms with Gasteiger partial charge in [0.25, 0.3) is 0 Å². The summed E-state index contributed by atoms with van der Waals surface area (Å²) < 4.78 is 12.9. The van der Waals surface area contributed by atoms with Crippen LogP contribution in [0.1, 0.15) is 17.4 Å². The Morgan fingerprint density at radius 2 is 2.50 bits per heavy atom. The summed E-state index contributed by atoms with van der Waals surface area (Å²) in [5, 5.41) is 0. The number of hydrogen-bond donors (Lipinski definition) is 2. The van der Waals surface area contributed by atoms with Crippen molar-refractivity contribution in [3.05, 3.63) is 17.5 Å². The maximum Gasteiger partial charge on any atom is 0.235 e. The zero-order valence-electron chi connectivity index (χ0n) is 6.76. The van der Waals surface area contributed by atoms with E-state index in [1.54, 1.807) is 6.92 Å². The molecule has 1 rings (SSSR count). The summed E-state index contributed by atoms with van der Waals surface area (Å²) in [6.07, 6.45) is 5.15. The van der Waals surface area contributed by atoms with Crippen molar-refractivity contribution in [3.63, 3.8) is 0 Å². The maximum atomic E-state index is 12.9. The Kier molecular flexibility index (Phi) is 2.46. The molecule has 12 heavy (non-hydrogen) atoms. The van der Waals surface area contributed by atoms with Gasteiger partial charge in [-0.1, -0.05) is 5.92 Å². The summed E-state index contributed by atoms with van der Waals surface area (Å²) in [5.41, 5.74) is 5.64. The smallest absolute Gasteiger partial charge is 0.235 e. The third-order valence-corrected chi connectivity index (χ3v) is 1.59. The van der Waals surface area contributed by atoms with E-state index in [1.165, 1.54) is 0 Å². The molecule has 0 bridgehead atoms. The van der Waals surface area contributed by atoms with Crippen LogP contribution in [0.5, 0.6) is 0 Å². The van der Waals surface area contributed by atoms with E-state index in [1.807, 2.05) is 0 Å². The average molecular weight is 167 g/mol. The van der Waals surface area contributed by atoms with E-state index < -0.39 is 11.9 Å². The minimum Gasteiger partial charge on any atom is -0.342 e. The molecule has 0 aromatic carbocycles. The normalized spacial score (nSPS) is 12.5. The van der Waals surface area contributed by atoms with Crippen LogP contribution in [0.3, 0.4) is 0 Å². The van der Waals surface area contributed by atoms with E-state index in [2.05, 4.69) is 15.9 Å². The van der Waals surface area contributed by atoms with Crippen molar-refractivity contribution >= 4 is 0 Å². The van der Waals surface area contributed by atoms with Gasteiger partial charge in [-0.15, -0.1) is 6.42 Å². The molecule has 0 aliphatic heterocycles. The Morgan fingerprint density at radius 3 is 2.83 bits per heavy atom. The molecule has 4 heteroatoms. The van der Waals surface area contributed by atoms with Crippen LogP contribution in [-0.4, -0.2) is 16.5 Å². The largest absolute Gasteiger partial charge is 0.342 e. The Labute approximate surface area is 70.2 Å². The molecule has 0 aliphatic rings. The average Bonchev–Trinajstić information content (AvgIpc) is 2.34. The highest BCUT2D eigenvalue weighted by atomic mass is 19.1. The van der Waals surface area contributed by atoms with Crippen molar-refractivity contribution in [2.45, 2.75) is 12.8 Å². The number of hydrogen-bond acceptors (Lipinski definition) is 2. The Hall–Kier alpha value is -1.34. The number of aromatic nitrogens is 2. The number of nitrogens with zero attached hydrogens (tertiary/aromatic N) is 1. The molecule has 0 saturated carbocycles. The van der Waals surface area contributed by atoms with E-state index in [0.717, 1.165) is 0 Å². The third kappa shape index (κ3) is 1.46. The van der Waals surface area contributed by atoms with Crippen LogP contribution in [-0.2, 0) is 0 Å². The molecule has 64 valence electrons. The highest BCUT2D eigenvalue weighted by molar-refractivity contribution is 5.19. The monoisotopic (exact) mass is 167 g/mol. The van der Waals surface area contributed by atoms with E-state index in [9.17, 15) is 4.39 Å². The molecular weight excluding hydrogens is 157 g/mol. The number of aromatic amines is 1. The number of nitrogens with two attached hydrogens (primary N) is 1. The van der Waals surface area contributed by atoms with Gasteiger partial charge in [-0.05, 0) is 6.92 Å². The molecule has 0 spiro atoms. The highest BCUT2D eigenvalue weighted by Gasteiger charge is 2.15. The van der Waals surface area contributed by atoms with Gasteiger partial charge >= 0.3 is 0 Å². The fraction of sp³-hybridized carbons (Fsp3) is 0.375. The standard InChI is InChI=1S/C8H10FN3/c1-3-6(4-10)7-8(9)12-5(2)11-7/h1,6H,4,10H2,2H3,(H,11,12). The highest BCUT2D eigenvalue weighted by Crippen LogP contribution is 2.14. The fourth-order valence-electron chi connectivity index (χ4n) is 0.982. The summed E-state index contributed by atoms with van der Waals surface area (Å²) in [6, 6.07) is 0. The molecule has 0 radical (unpaired) electrons. The van der Waals surface area contributed by atoms with Crippen LogP contribution >= 0.6 is 0 Å². The van der Waals surface area contributed by atoms with Crippen molar-refractivity contribution in [1.29, 1.82) is 0 Å². The van der Waals surface area contributed by atoms with Crippen LogP contribution in [0.15, 0.2) is 0 Å². The van der Waals surface area contributed by atoms with E-state index >= 15 is 0 Å². The molecular formula is C8H10FN3. The predicted octanol–water partition coefficient (Wildman–Crippen LogP) is 0.533. The topological polar surface area (TPSA) is 54.7 Å². The number of rotatable bonds is 2. The zero-order chi connectivity index (χ0) is 9.14. The lowest BCUT2D eigenvalue weighted by Crippen LogP contribution is -2.12. The lowest BCUT2D eigenvalue weighted by atomic mass is 10.1. The number of imidazole rings is 1. The van der Waals surface area contributed by atoms with Crippen LogP contribution in [0.2, 0.25) is 0 Å². The molecule has 0 fully saturated rings. The van der Waals surface area contributed by atoms with E-state index in [0.29, 0.717) is 11.5 Å². The van der Waals surface area contributed by atoms with Crippen molar-refractivity contribution in [2.75, 3.05) is 6.54 Å². The van der Waals surface area contributed by atoms with Crippen LogP contribution in [0.4, 0.5) is 4.39 Å². The minimum absolute atomic E-state index is 0.217. The molecule has 3 nitrogen and oxygen atoms in total. The first-order valence-corrected chi connectivity index (χ1v) is 3.57. The first kappa shape index (κ1) is 8.75. The van der Waals surface area contributed by atoms with Gasteiger partial charge < -0.3 is 10.7 Å². The number of halogens is 1. The Bertz CT molecular complexity index is 311. The molecule has 1 aromatic rings. The molecule has 1 atom stereocenters. The van der Waals surface area contributed by atoms with Gasteiger partial charge in [-0.2, -0.15) is 4.39 Å². The summed E-state index contributed by atoms with van der Waals surface area (Å²) in [4.78, 5) is 6.29. The van der Waals surface area contributed by atoms with E-state index in [-0.39, 0.29) is 6.54 Å². The minimum atomic E-state index is -0.555. The van der Waals surface area contributed by atoms with Gasteiger partial charge in [-0.3, -0.25) is 0 Å². The molecule has 3 N–H and O–H groups in total. The second-order valence-electron chi connectivity index (χ2n) is 2.48. The second-order valence-corrected chi connectivity index (χ2v) is 2.48. The van der Waals surface area contributed by atoms with Gasteiger partial charge in [0, 0.05) is 6.54 Å². The summed E-state index contributed by atoms with van der Waals surface area (Å²) in [7, 11) is 0. The quantitative estimate of drug-likeness (QED) is 0.631. The summed E-state index contributed by atoms with van der Waals surface area (Å²) in [5.74, 6) is 1.93. The molecule has 0 aliphatic carbocycles. The Morgan fingerprint density at radius 1 is 1.83 bits per heavy atom. The van der Waals surface area contributed by atoms with Crippen molar-refractivity contribution in [1.82, 2.24) is 9.97 Å². The van der Waals surface area contributed by atoms with Gasteiger partial charge in [-0.25, -0.2) is 4.98 Å². The number of H-pyrrole nitrogens is 1. The number of terminal acetylenes is 1. The first-order valence-electron chi connectivity index (χ1n) is 3.57. The lowest BCUT2D eigenvalue weighted by Gasteiger charge is -2.02. The van der Waals surface area contributed by atoms with Gasteiger partial charge in [0.1, 0.15) is 5.82 Å². The van der Waals surface area contributed by atoms with Crippen LogP contribution < -0.4 is 5.73 Å². The summed E-state index contributed by atoms with van der Waals surface area (Å²) in [6.45, 7) is 1.88. The predicted molar refractivity (Wildman–Crippen MR) is 43.9 cm³/mol. The number of aryl methyl sites for hydroxylation is 1. The second kappa shape index (κ2) is 3.37. The van der Waals surface area contributed by atoms with Crippen LogP contribution in [0.25, 0.3) is 0 Å². The SMILES string of the molecule is C#CC(CN)c1[nH]c(C)nc1F. The molecule has 0 amide bonds. The van der Waals surface area contributed by atoms with Gasteiger partial charge in [0.05, 0.1) is 11.6 Å². The maximum absolute atomic E-state index is 12.9. The van der Waals surface area contributed by atoms with Crippen molar-refractivity contribution < 1.29 is 4.39 Å². The number of nitrogens with one attached hydrogen (secondary N) is 1. The molecule has 0 saturated heterocycles. The van der Waals surface area contributed by atoms with Crippen molar-refractivity contribution in [2.24, 2.45) is 5.73 Å². The van der Waals surface area contributed by atoms with Gasteiger partial charge in [0.2, 0.25) is 5.95 Å². The Balaban J connectivity index is 3.02.